The van der Waals surface area contributed by atoms with Crippen LogP contribution in [0.5, 0.6) is 0 Å². The van der Waals surface area contributed by atoms with Gasteiger partial charge in [0, 0.05) is 13.1 Å². The minimum atomic E-state index is -0.879. The molecule has 0 aromatic carbocycles. The lowest BCUT2D eigenvalue weighted by Crippen LogP contribution is -2.50. The monoisotopic (exact) mass is 298 g/mol. The molecule has 1 aliphatic rings. The van der Waals surface area contributed by atoms with Crippen molar-refractivity contribution < 1.29 is 14.7 Å². The molecule has 0 aromatic heterocycles. The molecule has 0 radical (unpaired) electrons. The zero-order valence-electron chi connectivity index (χ0n) is 13.9. The first-order valence-corrected chi connectivity index (χ1v) is 8.09. The zero-order chi connectivity index (χ0) is 16.0. The van der Waals surface area contributed by atoms with E-state index in [-0.39, 0.29) is 5.91 Å². The lowest BCUT2D eigenvalue weighted by molar-refractivity contribution is -0.152. The van der Waals surface area contributed by atoms with Gasteiger partial charge in [0.05, 0.1) is 5.41 Å². The van der Waals surface area contributed by atoms with Crippen LogP contribution in [-0.2, 0) is 9.59 Å². The number of likely N-dealkylation sites (tertiary alicyclic amines) is 1. The van der Waals surface area contributed by atoms with Crippen LogP contribution in [0.2, 0.25) is 0 Å². The Hall–Kier alpha value is -1.10. The van der Waals surface area contributed by atoms with Crippen molar-refractivity contribution in [1.29, 1.82) is 0 Å². The van der Waals surface area contributed by atoms with Crippen molar-refractivity contribution in [3.63, 3.8) is 0 Å². The maximum Gasteiger partial charge on any atom is 0.326 e. The Labute approximate surface area is 128 Å². The van der Waals surface area contributed by atoms with Crippen LogP contribution < -0.4 is 0 Å². The standard InChI is InChI=1S/C16H30N2O3/c1-5-9-17(10-6-2)12-16(3,4)15(21)18-11-7-8-13(18)14(19)20/h13H,5-12H2,1-4H3,(H,19,20). The van der Waals surface area contributed by atoms with E-state index in [4.69, 9.17) is 0 Å². The van der Waals surface area contributed by atoms with Gasteiger partial charge in [0.15, 0.2) is 0 Å². The second kappa shape index (κ2) is 7.78. The molecule has 0 spiro atoms. The SMILES string of the molecule is CCCN(CCC)CC(C)(C)C(=O)N1CCCC1C(=O)O. The molecule has 1 rings (SSSR count). The maximum absolute atomic E-state index is 12.8. The predicted molar refractivity (Wildman–Crippen MR) is 83.2 cm³/mol. The number of nitrogens with zero attached hydrogens (tertiary/aromatic N) is 2. The first-order valence-electron chi connectivity index (χ1n) is 8.09. The summed E-state index contributed by atoms with van der Waals surface area (Å²) in [6.07, 6.45) is 3.48. The Morgan fingerprint density at radius 3 is 2.29 bits per heavy atom. The molecule has 1 atom stereocenters. The average molecular weight is 298 g/mol. The Kier molecular flexibility index (Phi) is 6.65. The maximum atomic E-state index is 12.8. The van der Waals surface area contributed by atoms with Crippen molar-refractivity contribution in [2.75, 3.05) is 26.2 Å². The Bertz CT molecular complexity index is 363. The normalized spacial score (nSPS) is 19.3. The van der Waals surface area contributed by atoms with Crippen LogP contribution in [0.25, 0.3) is 0 Å². The molecule has 0 saturated carbocycles. The topological polar surface area (TPSA) is 60.9 Å². The number of amides is 1. The first kappa shape index (κ1) is 18.0. The van der Waals surface area contributed by atoms with Crippen molar-refractivity contribution in [2.24, 2.45) is 5.41 Å². The first-order chi connectivity index (χ1) is 9.83. The van der Waals surface area contributed by atoms with E-state index < -0.39 is 17.4 Å². The molecule has 5 heteroatoms. The Morgan fingerprint density at radius 1 is 1.24 bits per heavy atom. The summed E-state index contributed by atoms with van der Waals surface area (Å²) in [5, 5.41) is 9.24. The lowest BCUT2D eigenvalue weighted by atomic mass is 9.90. The third-order valence-corrected chi connectivity index (χ3v) is 4.08. The largest absolute Gasteiger partial charge is 0.480 e. The van der Waals surface area contributed by atoms with Gasteiger partial charge in [-0.1, -0.05) is 13.8 Å². The number of carboxylic acid groups (broad SMARTS) is 1. The number of hydrogen-bond donors (Lipinski definition) is 1. The highest BCUT2D eigenvalue weighted by Gasteiger charge is 2.41. The highest BCUT2D eigenvalue weighted by atomic mass is 16.4. The summed E-state index contributed by atoms with van der Waals surface area (Å²) in [5.41, 5.74) is -0.539. The molecule has 1 N–H and O–H groups in total. The summed E-state index contributed by atoms with van der Waals surface area (Å²) in [6.45, 7) is 11.4. The van der Waals surface area contributed by atoms with Crippen molar-refractivity contribution in [3.05, 3.63) is 0 Å². The van der Waals surface area contributed by atoms with Crippen LogP contribution in [0, 0.1) is 5.41 Å². The number of carbonyl (C=O) groups is 2. The average Bonchev–Trinajstić information content (AvgIpc) is 2.87. The fourth-order valence-electron chi connectivity index (χ4n) is 3.18. The summed E-state index contributed by atoms with van der Waals surface area (Å²) in [6, 6.07) is -0.637. The van der Waals surface area contributed by atoms with Gasteiger partial charge in [-0.15, -0.1) is 0 Å². The van der Waals surface area contributed by atoms with E-state index in [0.717, 1.165) is 32.4 Å². The smallest absolute Gasteiger partial charge is 0.326 e. The highest BCUT2D eigenvalue weighted by Crippen LogP contribution is 2.27. The van der Waals surface area contributed by atoms with E-state index in [0.29, 0.717) is 19.5 Å². The van der Waals surface area contributed by atoms with E-state index >= 15 is 0 Å². The van der Waals surface area contributed by atoms with Gasteiger partial charge in [-0.25, -0.2) is 4.79 Å². The number of hydrogen-bond acceptors (Lipinski definition) is 3. The molecule has 0 aromatic rings. The van der Waals surface area contributed by atoms with E-state index in [1.807, 2.05) is 13.8 Å². The van der Waals surface area contributed by atoms with Gasteiger partial charge in [0.2, 0.25) is 5.91 Å². The molecular weight excluding hydrogens is 268 g/mol. The molecule has 0 bridgehead atoms. The minimum absolute atomic E-state index is 0.0235. The molecule has 122 valence electrons. The number of aliphatic carboxylic acids is 1. The molecule has 1 amide bonds. The second-order valence-corrected chi connectivity index (χ2v) is 6.65. The van der Waals surface area contributed by atoms with Crippen LogP contribution in [0.15, 0.2) is 0 Å². The number of carbonyl (C=O) groups excluding carboxylic acids is 1. The van der Waals surface area contributed by atoms with E-state index in [1.165, 1.54) is 0 Å². The van der Waals surface area contributed by atoms with Crippen LogP contribution in [-0.4, -0.2) is 59.0 Å². The van der Waals surface area contributed by atoms with Crippen molar-refractivity contribution in [3.8, 4) is 0 Å². The molecule has 0 aliphatic carbocycles. The second-order valence-electron chi connectivity index (χ2n) is 6.65. The van der Waals surface area contributed by atoms with Crippen molar-refractivity contribution in [1.82, 2.24) is 9.80 Å². The molecule has 1 heterocycles. The molecule has 5 nitrogen and oxygen atoms in total. The minimum Gasteiger partial charge on any atom is -0.480 e. The van der Waals surface area contributed by atoms with Crippen LogP contribution >= 0.6 is 0 Å². The fourth-order valence-corrected chi connectivity index (χ4v) is 3.18. The summed E-state index contributed by atoms with van der Waals surface area (Å²) in [5.74, 6) is -0.903. The van der Waals surface area contributed by atoms with Gasteiger partial charge in [-0.3, -0.25) is 4.79 Å². The van der Waals surface area contributed by atoms with Gasteiger partial charge < -0.3 is 14.9 Å². The van der Waals surface area contributed by atoms with Gasteiger partial charge >= 0.3 is 5.97 Å². The van der Waals surface area contributed by atoms with Gasteiger partial charge in [-0.2, -0.15) is 0 Å². The summed E-state index contributed by atoms with van der Waals surface area (Å²) >= 11 is 0. The van der Waals surface area contributed by atoms with Crippen LogP contribution in [0.1, 0.15) is 53.4 Å². The highest BCUT2D eigenvalue weighted by molar-refractivity contribution is 5.87. The molecule has 1 aliphatic heterocycles. The van der Waals surface area contributed by atoms with Crippen LogP contribution in [0.3, 0.4) is 0 Å². The van der Waals surface area contributed by atoms with E-state index in [1.54, 1.807) is 4.90 Å². The molecule has 21 heavy (non-hydrogen) atoms. The number of carboxylic acids is 1. The lowest BCUT2D eigenvalue weighted by Gasteiger charge is -2.35. The van der Waals surface area contributed by atoms with Crippen molar-refractivity contribution >= 4 is 11.9 Å². The molecule has 1 unspecified atom stereocenters. The third kappa shape index (κ3) is 4.70. The summed E-state index contributed by atoms with van der Waals surface area (Å²) in [7, 11) is 0. The van der Waals surface area contributed by atoms with Crippen LogP contribution in [0.4, 0.5) is 0 Å². The van der Waals surface area contributed by atoms with E-state index in [9.17, 15) is 14.7 Å². The predicted octanol–water partition coefficient (Wildman–Crippen LogP) is 2.21. The summed E-state index contributed by atoms with van der Waals surface area (Å²) < 4.78 is 0. The quantitative estimate of drug-likeness (QED) is 0.746. The Balaban J connectivity index is 2.75. The fraction of sp³-hybridized carbons (Fsp3) is 0.875. The van der Waals surface area contributed by atoms with Crippen molar-refractivity contribution in [2.45, 2.75) is 59.4 Å². The molecule has 1 fully saturated rings. The summed E-state index contributed by atoms with van der Waals surface area (Å²) in [4.78, 5) is 27.9. The Morgan fingerprint density at radius 2 is 1.81 bits per heavy atom. The molecular formula is C16H30N2O3. The third-order valence-electron chi connectivity index (χ3n) is 4.08. The number of rotatable bonds is 8. The molecule has 1 saturated heterocycles. The van der Waals surface area contributed by atoms with E-state index in [2.05, 4.69) is 18.7 Å². The van der Waals surface area contributed by atoms with Gasteiger partial charge in [-0.05, 0) is 52.6 Å². The van der Waals surface area contributed by atoms with Gasteiger partial charge in [0.25, 0.3) is 0 Å². The zero-order valence-corrected chi connectivity index (χ0v) is 13.9. The van der Waals surface area contributed by atoms with Gasteiger partial charge in [0.1, 0.15) is 6.04 Å².